The van der Waals surface area contributed by atoms with E-state index in [4.69, 9.17) is 0 Å². The van der Waals surface area contributed by atoms with Crippen LogP contribution in [0, 0.1) is 5.82 Å². The lowest BCUT2D eigenvalue weighted by Gasteiger charge is -2.15. The first-order chi connectivity index (χ1) is 7.04. The van der Waals surface area contributed by atoms with Crippen LogP contribution in [0.25, 0.3) is 0 Å². The third-order valence-electron chi connectivity index (χ3n) is 1.99. The van der Waals surface area contributed by atoms with Crippen LogP contribution in [0.4, 0.5) is 14.9 Å². The molecule has 0 aromatic heterocycles. The predicted octanol–water partition coefficient (Wildman–Crippen LogP) is 3.07. The molecule has 2 amide bonds. The highest BCUT2D eigenvalue weighted by Gasteiger charge is 2.07. The molecular formula is C10H12BrFN2O. The molecule has 0 heterocycles. The molecule has 5 heteroatoms. The van der Waals surface area contributed by atoms with Gasteiger partial charge in [-0.1, -0.05) is 0 Å². The SMILES string of the molecule is CCN(C)C(=O)Nc1ccc(Br)c(F)c1. The lowest BCUT2D eigenvalue weighted by atomic mass is 10.3. The molecule has 3 nitrogen and oxygen atoms in total. The minimum Gasteiger partial charge on any atom is -0.328 e. The Morgan fingerprint density at radius 1 is 1.60 bits per heavy atom. The van der Waals surface area contributed by atoms with Crippen LogP contribution in [-0.2, 0) is 0 Å². The fraction of sp³-hybridized carbons (Fsp3) is 0.300. The zero-order valence-corrected chi connectivity index (χ0v) is 10.1. The lowest BCUT2D eigenvalue weighted by molar-refractivity contribution is 0.224. The van der Waals surface area contributed by atoms with Crippen molar-refractivity contribution in [3.63, 3.8) is 0 Å². The molecule has 0 aliphatic rings. The second-order valence-corrected chi connectivity index (χ2v) is 3.93. The molecule has 0 radical (unpaired) electrons. The molecule has 0 aliphatic carbocycles. The molecule has 1 rings (SSSR count). The highest BCUT2D eigenvalue weighted by Crippen LogP contribution is 2.19. The topological polar surface area (TPSA) is 32.3 Å². The van der Waals surface area contributed by atoms with E-state index in [2.05, 4.69) is 21.2 Å². The maximum absolute atomic E-state index is 13.1. The van der Waals surface area contributed by atoms with Gasteiger partial charge in [-0.25, -0.2) is 9.18 Å². The van der Waals surface area contributed by atoms with Gasteiger partial charge in [-0.2, -0.15) is 0 Å². The number of halogens is 2. The van der Waals surface area contributed by atoms with Crippen molar-refractivity contribution in [2.45, 2.75) is 6.92 Å². The fourth-order valence-electron chi connectivity index (χ4n) is 0.936. The van der Waals surface area contributed by atoms with Crippen molar-refractivity contribution in [3.8, 4) is 0 Å². The molecule has 82 valence electrons. The second-order valence-electron chi connectivity index (χ2n) is 3.07. The Kier molecular flexibility index (Phi) is 4.08. The molecule has 0 spiro atoms. The normalized spacial score (nSPS) is 9.87. The van der Waals surface area contributed by atoms with Crippen LogP contribution in [0.15, 0.2) is 22.7 Å². The number of nitrogens with one attached hydrogen (secondary N) is 1. The molecule has 0 atom stereocenters. The summed E-state index contributed by atoms with van der Waals surface area (Å²) in [6.45, 7) is 2.46. The lowest BCUT2D eigenvalue weighted by Crippen LogP contribution is -2.30. The first-order valence-corrected chi connectivity index (χ1v) is 5.31. The van der Waals surface area contributed by atoms with Crippen molar-refractivity contribution in [2.75, 3.05) is 18.9 Å². The van der Waals surface area contributed by atoms with E-state index in [1.807, 2.05) is 6.92 Å². The van der Waals surface area contributed by atoms with Crippen LogP contribution < -0.4 is 5.32 Å². The van der Waals surface area contributed by atoms with E-state index in [0.29, 0.717) is 16.7 Å². The van der Waals surface area contributed by atoms with Gasteiger partial charge in [0.25, 0.3) is 0 Å². The number of rotatable bonds is 2. The number of hydrogen-bond donors (Lipinski definition) is 1. The molecule has 0 saturated carbocycles. The van der Waals surface area contributed by atoms with E-state index >= 15 is 0 Å². The van der Waals surface area contributed by atoms with Gasteiger partial charge >= 0.3 is 6.03 Å². The summed E-state index contributed by atoms with van der Waals surface area (Å²) in [4.78, 5) is 12.9. The third kappa shape index (κ3) is 3.20. The van der Waals surface area contributed by atoms with Gasteiger partial charge in [-0.05, 0) is 41.1 Å². The summed E-state index contributed by atoms with van der Waals surface area (Å²) in [6.07, 6.45) is 0. The average Bonchev–Trinajstić information content (AvgIpc) is 2.22. The van der Waals surface area contributed by atoms with Crippen LogP contribution >= 0.6 is 15.9 Å². The molecule has 15 heavy (non-hydrogen) atoms. The molecule has 1 aromatic rings. The molecule has 0 unspecified atom stereocenters. The van der Waals surface area contributed by atoms with E-state index in [0.717, 1.165) is 0 Å². The summed E-state index contributed by atoms with van der Waals surface area (Å²) in [5.41, 5.74) is 0.445. The summed E-state index contributed by atoms with van der Waals surface area (Å²) in [6, 6.07) is 4.20. The Hall–Kier alpha value is -1.10. The van der Waals surface area contributed by atoms with Crippen LogP contribution in [0.3, 0.4) is 0 Å². The van der Waals surface area contributed by atoms with Crippen molar-refractivity contribution in [2.24, 2.45) is 0 Å². The van der Waals surface area contributed by atoms with Gasteiger partial charge < -0.3 is 10.2 Å². The highest BCUT2D eigenvalue weighted by molar-refractivity contribution is 9.10. The molecular weight excluding hydrogens is 263 g/mol. The summed E-state index contributed by atoms with van der Waals surface area (Å²) in [7, 11) is 1.67. The van der Waals surface area contributed by atoms with Gasteiger partial charge in [-0.15, -0.1) is 0 Å². The van der Waals surface area contributed by atoms with E-state index < -0.39 is 5.82 Å². The molecule has 0 saturated heterocycles. The summed E-state index contributed by atoms with van der Waals surface area (Å²) >= 11 is 3.04. The van der Waals surface area contributed by atoms with Crippen LogP contribution in [-0.4, -0.2) is 24.5 Å². The first kappa shape index (κ1) is 12.0. The quantitative estimate of drug-likeness (QED) is 0.883. The van der Waals surface area contributed by atoms with Crippen LogP contribution in [0.2, 0.25) is 0 Å². The molecule has 1 aromatic carbocycles. The van der Waals surface area contributed by atoms with E-state index in [1.165, 1.54) is 11.0 Å². The van der Waals surface area contributed by atoms with Crippen LogP contribution in [0.5, 0.6) is 0 Å². The molecule has 0 fully saturated rings. The minimum atomic E-state index is -0.396. The Bertz CT molecular complexity index is 370. The number of amides is 2. The van der Waals surface area contributed by atoms with Gasteiger partial charge in [0, 0.05) is 19.3 Å². The first-order valence-electron chi connectivity index (χ1n) is 4.51. The average molecular weight is 275 g/mol. The monoisotopic (exact) mass is 274 g/mol. The van der Waals surface area contributed by atoms with E-state index in [-0.39, 0.29) is 6.03 Å². The van der Waals surface area contributed by atoms with Crippen molar-refractivity contribution in [1.82, 2.24) is 4.90 Å². The number of nitrogens with zero attached hydrogens (tertiary/aromatic N) is 1. The number of anilines is 1. The maximum atomic E-state index is 13.1. The standard InChI is InChI=1S/C10H12BrFN2O/c1-3-14(2)10(15)13-7-4-5-8(11)9(12)6-7/h4-6H,3H2,1-2H3,(H,13,15). The molecule has 0 bridgehead atoms. The molecule has 1 N–H and O–H groups in total. The van der Waals surface area contributed by atoms with E-state index in [1.54, 1.807) is 19.2 Å². The van der Waals surface area contributed by atoms with Gasteiger partial charge in [0.05, 0.1) is 4.47 Å². The predicted molar refractivity (Wildman–Crippen MR) is 61.4 cm³/mol. The van der Waals surface area contributed by atoms with Gasteiger partial charge in [-0.3, -0.25) is 0 Å². The number of hydrogen-bond acceptors (Lipinski definition) is 1. The number of urea groups is 1. The van der Waals surface area contributed by atoms with Crippen molar-refractivity contribution in [3.05, 3.63) is 28.5 Å². The number of carbonyl (C=O) groups is 1. The summed E-state index contributed by atoms with van der Waals surface area (Å²) in [5.74, 6) is -0.396. The smallest absolute Gasteiger partial charge is 0.321 e. The zero-order valence-electron chi connectivity index (χ0n) is 8.55. The Morgan fingerprint density at radius 3 is 2.80 bits per heavy atom. The summed E-state index contributed by atoms with van der Waals surface area (Å²) < 4.78 is 13.5. The fourth-order valence-corrected chi connectivity index (χ4v) is 1.18. The van der Waals surface area contributed by atoms with Gasteiger partial charge in [0.2, 0.25) is 0 Å². The highest BCUT2D eigenvalue weighted by atomic mass is 79.9. The largest absolute Gasteiger partial charge is 0.328 e. The van der Waals surface area contributed by atoms with Crippen molar-refractivity contribution >= 4 is 27.6 Å². The Labute approximate surface area is 96.4 Å². The number of benzene rings is 1. The zero-order chi connectivity index (χ0) is 11.4. The third-order valence-corrected chi connectivity index (χ3v) is 2.64. The van der Waals surface area contributed by atoms with Gasteiger partial charge in [0.15, 0.2) is 0 Å². The molecule has 0 aliphatic heterocycles. The van der Waals surface area contributed by atoms with E-state index in [9.17, 15) is 9.18 Å². The second kappa shape index (κ2) is 5.11. The maximum Gasteiger partial charge on any atom is 0.321 e. The Morgan fingerprint density at radius 2 is 2.27 bits per heavy atom. The number of carbonyl (C=O) groups excluding carboxylic acids is 1. The summed E-state index contributed by atoms with van der Waals surface area (Å²) in [5, 5.41) is 2.59. The van der Waals surface area contributed by atoms with Crippen molar-refractivity contribution in [1.29, 1.82) is 0 Å². The van der Waals surface area contributed by atoms with Crippen LogP contribution in [0.1, 0.15) is 6.92 Å². The van der Waals surface area contributed by atoms with Crippen molar-refractivity contribution < 1.29 is 9.18 Å². The minimum absolute atomic E-state index is 0.251. The van der Waals surface area contributed by atoms with Gasteiger partial charge in [0.1, 0.15) is 5.82 Å². The Balaban J connectivity index is 2.73.